The minimum Gasteiger partial charge on any atom is -0.236 e. The first-order valence-corrected chi connectivity index (χ1v) is 7.00. The van der Waals surface area contributed by atoms with E-state index >= 15 is 0 Å². The van der Waals surface area contributed by atoms with Gasteiger partial charge < -0.3 is 0 Å². The second-order valence-electron chi connectivity index (χ2n) is 4.60. The average Bonchev–Trinajstić information content (AvgIpc) is 2.84. The largest absolute Gasteiger partial charge is 0.248 e. The van der Waals surface area contributed by atoms with E-state index in [1.807, 2.05) is 24.3 Å². The molecule has 96 valence electrons. The summed E-state index contributed by atoms with van der Waals surface area (Å²) in [6.45, 7) is 3.34. The molecule has 0 aliphatic rings. The van der Waals surface area contributed by atoms with E-state index in [4.69, 9.17) is 11.6 Å². The van der Waals surface area contributed by atoms with Crippen molar-refractivity contribution in [2.45, 2.75) is 39.2 Å². The normalized spacial score (nSPS) is 10.8. The van der Waals surface area contributed by atoms with Crippen LogP contribution in [-0.4, -0.2) is 4.57 Å². The highest BCUT2D eigenvalue weighted by molar-refractivity contribution is 6.30. The zero-order valence-corrected chi connectivity index (χ0v) is 11.6. The maximum atomic E-state index is 5.89. The molecule has 1 heterocycles. The fraction of sp³-hybridized carbons (Fsp3) is 0.400. The van der Waals surface area contributed by atoms with Crippen LogP contribution >= 0.6 is 11.6 Å². The Hall–Kier alpha value is -1.28. The monoisotopic (exact) mass is 263 g/mol. The number of halogens is 1. The number of rotatable bonds is 6. The molecule has 2 aromatic rings. The topological polar surface area (TPSA) is 8.81 Å². The third kappa shape index (κ3) is 3.61. The Kier molecular flexibility index (Phi) is 4.82. The predicted octanol–water partition coefficient (Wildman–Crippen LogP) is 4.00. The van der Waals surface area contributed by atoms with Gasteiger partial charge in [-0.25, -0.2) is 9.13 Å². The minimum absolute atomic E-state index is 0.776. The maximum absolute atomic E-state index is 5.89. The lowest BCUT2D eigenvalue weighted by atomic mass is 10.2. The number of unbranched alkanes of at least 4 members (excludes halogenated alkanes) is 3. The first kappa shape index (κ1) is 13.2. The van der Waals surface area contributed by atoms with E-state index in [-0.39, 0.29) is 0 Å². The molecule has 0 fully saturated rings. The Bertz CT molecular complexity index is 473. The van der Waals surface area contributed by atoms with Gasteiger partial charge in [-0.1, -0.05) is 31.4 Å². The molecule has 3 heteroatoms. The van der Waals surface area contributed by atoms with Gasteiger partial charge in [-0.3, -0.25) is 0 Å². The second kappa shape index (κ2) is 6.60. The lowest BCUT2D eigenvalue weighted by Gasteiger charge is -1.97. The van der Waals surface area contributed by atoms with Gasteiger partial charge in [-0.15, -0.1) is 0 Å². The van der Waals surface area contributed by atoms with E-state index in [2.05, 4.69) is 34.8 Å². The summed E-state index contributed by atoms with van der Waals surface area (Å²) in [5, 5.41) is 0.776. The molecule has 0 N–H and O–H groups in total. The molecule has 0 bridgehead atoms. The molecule has 2 nitrogen and oxygen atoms in total. The highest BCUT2D eigenvalue weighted by Gasteiger charge is 2.05. The fourth-order valence-corrected chi connectivity index (χ4v) is 2.14. The maximum Gasteiger partial charge on any atom is 0.248 e. The minimum atomic E-state index is 0.776. The van der Waals surface area contributed by atoms with Crippen molar-refractivity contribution in [2.24, 2.45) is 0 Å². The lowest BCUT2D eigenvalue weighted by Crippen LogP contribution is -2.27. The Morgan fingerprint density at radius 2 is 1.89 bits per heavy atom. The molecule has 0 amide bonds. The molecule has 0 saturated carbocycles. The van der Waals surface area contributed by atoms with Crippen LogP contribution in [0.4, 0.5) is 0 Å². The fourth-order valence-electron chi connectivity index (χ4n) is 2.01. The number of nitrogens with zero attached hydrogens (tertiary/aromatic N) is 2. The van der Waals surface area contributed by atoms with Crippen LogP contribution in [0.15, 0.2) is 43.0 Å². The molecule has 0 radical (unpaired) electrons. The molecular weight excluding hydrogens is 244 g/mol. The number of hydrogen-bond acceptors (Lipinski definition) is 0. The first-order chi connectivity index (χ1) is 8.79. The van der Waals surface area contributed by atoms with E-state index < -0.39 is 0 Å². The Morgan fingerprint density at radius 1 is 1.11 bits per heavy atom. The summed E-state index contributed by atoms with van der Waals surface area (Å²) in [6, 6.07) is 7.90. The average molecular weight is 264 g/mol. The van der Waals surface area contributed by atoms with Crippen LogP contribution in [0.5, 0.6) is 0 Å². The number of aryl methyl sites for hydroxylation is 1. The number of imidazole rings is 1. The number of benzene rings is 1. The molecule has 0 spiro atoms. The molecule has 0 saturated heterocycles. The Balaban J connectivity index is 1.95. The Labute approximate surface area is 114 Å². The smallest absolute Gasteiger partial charge is 0.236 e. The van der Waals surface area contributed by atoms with Gasteiger partial charge in [0, 0.05) is 5.02 Å². The van der Waals surface area contributed by atoms with Crippen LogP contribution in [0.1, 0.15) is 32.6 Å². The van der Waals surface area contributed by atoms with Crippen molar-refractivity contribution in [1.29, 1.82) is 0 Å². The third-order valence-corrected chi connectivity index (χ3v) is 3.34. The van der Waals surface area contributed by atoms with Gasteiger partial charge in [0.15, 0.2) is 0 Å². The SMILES string of the molecule is CCCCCCn1cc[n+](-c2ccc(Cl)cc2)c1. The number of hydrogen-bond donors (Lipinski definition) is 0. The first-order valence-electron chi connectivity index (χ1n) is 6.62. The molecular formula is C15H20ClN2+. The van der Waals surface area contributed by atoms with Crippen molar-refractivity contribution >= 4 is 11.6 Å². The molecule has 0 unspecified atom stereocenters. The summed E-state index contributed by atoms with van der Waals surface area (Å²) in [4.78, 5) is 0. The molecule has 18 heavy (non-hydrogen) atoms. The van der Waals surface area contributed by atoms with E-state index in [1.54, 1.807) is 0 Å². The molecule has 1 aromatic heterocycles. The van der Waals surface area contributed by atoms with Crippen molar-refractivity contribution in [3.63, 3.8) is 0 Å². The highest BCUT2D eigenvalue weighted by Crippen LogP contribution is 2.09. The highest BCUT2D eigenvalue weighted by atomic mass is 35.5. The van der Waals surface area contributed by atoms with Crippen molar-refractivity contribution < 1.29 is 4.57 Å². The van der Waals surface area contributed by atoms with E-state index in [9.17, 15) is 0 Å². The van der Waals surface area contributed by atoms with Gasteiger partial charge in [0.25, 0.3) is 0 Å². The summed E-state index contributed by atoms with van der Waals surface area (Å²) in [5.74, 6) is 0. The van der Waals surface area contributed by atoms with Crippen molar-refractivity contribution in [3.8, 4) is 5.69 Å². The second-order valence-corrected chi connectivity index (χ2v) is 5.03. The summed E-state index contributed by atoms with van der Waals surface area (Å²) in [7, 11) is 0. The van der Waals surface area contributed by atoms with Crippen LogP contribution < -0.4 is 4.57 Å². The predicted molar refractivity (Wildman–Crippen MR) is 75.1 cm³/mol. The molecule has 2 rings (SSSR count). The van der Waals surface area contributed by atoms with E-state index in [1.165, 1.54) is 25.7 Å². The summed E-state index contributed by atoms with van der Waals surface area (Å²) in [6.07, 6.45) is 11.5. The standard InChI is InChI=1S/C15H20ClN2/c1-2-3-4-5-10-17-11-12-18(13-17)15-8-6-14(16)7-9-15/h6-9,11-13H,2-5,10H2,1H3/q+1. The van der Waals surface area contributed by atoms with Crippen molar-refractivity contribution in [1.82, 2.24) is 4.57 Å². The zero-order valence-electron chi connectivity index (χ0n) is 10.8. The van der Waals surface area contributed by atoms with Crippen LogP contribution in [-0.2, 0) is 6.54 Å². The summed E-state index contributed by atoms with van der Waals surface area (Å²) >= 11 is 5.89. The molecule has 1 aromatic carbocycles. The van der Waals surface area contributed by atoms with Crippen LogP contribution in [0.25, 0.3) is 5.69 Å². The number of aromatic nitrogens is 2. The summed E-state index contributed by atoms with van der Waals surface area (Å²) in [5.41, 5.74) is 1.15. The van der Waals surface area contributed by atoms with Crippen molar-refractivity contribution in [3.05, 3.63) is 48.0 Å². The third-order valence-electron chi connectivity index (χ3n) is 3.09. The van der Waals surface area contributed by atoms with Crippen molar-refractivity contribution in [2.75, 3.05) is 0 Å². The zero-order chi connectivity index (χ0) is 12.8. The van der Waals surface area contributed by atoms with Crippen LogP contribution in [0, 0.1) is 0 Å². The van der Waals surface area contributed by atoms with E-state index in [0.29, 0.717) is 0 Å². The quantitative estimate of drug-likeness (QED) is 0.550. The van der Waals surface area contributed by atoms with Gasteiger partial charge >= 0.3 is 0 Å². The lowest BCUT2D eigenvalue weighted by molar-refractivity contribution is -0.595. The van der Waals surface area contributed by atoms with Gasteiger partial charge in [0.05, 0.1) is 6.54 Å². The van der Waals surface area contributed by atoms with Gasteiger partial charge in [-0.2, -0.15) is 0 Å². The van der Waals surface area contributed by atoms with Gasteiger partial charge in [-0.05, 0) is 37.1 Å². The van der Waals surface area contributed by atoms with Crippen LogP contribution in [0.3, 0.4) is 0 Å². The molecule has 0 aliphatic carbocycles. The molecule has 0 aliphatic heterocycles. The molecule has 0 atom stereocenters. The summed E-state index contributed by atoms with van der Waals surface area (Å²) < 4.78 is 4.36. The van der Waals surface area contributed by atoms with Gasteiger partial charge in [0.1, 0.15) is 18.1 Å². The van der Waals surface area contributed by atoms with Gasteiger partial charge in [0.2, 0.25) is 6.33 Å². The van der Waals surface area contributed by atoms with E-state index in [0.717, 1.165) is 17.3 Å². The van der Waals surface area contributed by atoms with Crippen LogP contribution in [0.2, 0.25) is 5.02 Å². The Morgan fingerprint density at radius 3 is 2.61 bits per heavy atom.